The standard InChI is InChI=1S/C18H13FN2O2/c1-23-18(22)14-11-21(16-4-2-3-15(19)17(14)16)10-13-7-5-12(9-20)6-8-13/h2-8,11H,10H2,1H3. The second-order valence-electron chi connectivity index (χ2n) is 5.10. The highest BCUT2D eigenvalue weighted by atomic mass is 19.1. The van der Waals surface area contributed by atoms with Crippen molar-refractivity contribution in [1.29, 1.82) is 5.26 Å². The first-order valence-electron chi connectivity index (χ1n) is 6.98. The Bertz CT molecular complexity index is 921. The lowest BCUT2D eigenvalue weighted by atomic mass is 10.1. The van der Waals surface area contributed by atoms with Gasteiger partial charge in [0.25, 0.3) is 0 Å². The lowest BCUT2D eigenvalue weighted by Crippen LogP contribution is -2.01. The summed E-state index contributed by atoms with van der Waals surface area (Å²) in [5.41, 5.74) is 2.35. The molecule has 0 bridgehead atoms. The van der Waals surface area contributed by atoms with Crippen LogP contribution in [0.4, 0.5) is 4.39 Å². The highest BCUT2D eigenvalue weighted by molar-refractivity contribution is 6.04. The fraction of sp³-hybridized carbons (Fsp3) is 0.111. The number of esters is 1. The van der Waals surface area contributed by atoms with Gasteiger partial charge < -0.3 is 9.30 Å². The Hall–Kier alpha value is -3.13. The van der Waals surface area contributed by atoms with E-state index in [1.165, 1.54) is 13.2 Å². The molecule has 0 amide bonds. The zero-order valence-electron chi connectivity index (χ0n) is 12.4. The SMILES string of the molecule is COC(=O)c1cn(Cc2ccc(C#N)cc2)c2cccc(F)c12. The molecule has 0 aliphatic rings. The van der Waals surface area contributed by atoms with Crippen molar-refractivity contribution in [2.75, 3.05) is 7.11 Å². The normalized spacial score (nSPS) is 10.5. The van der Waals surface area contributed by atoms with Crippen molar-refractivity contribution in [1.82, 2.24) is 4.57 Å². The van der Waals surface area contributed by atoms with Crippen LogP contribution in [0.5, 0.6) is 0 Å². The van der Waals surface area contributed by atoms with Crippen molar-refractivity contribution >= 4 is 16.9 Å². The number of carbonyl (C=O) groups is 1. The third-order valence-corrected chi connectivity index (χ3v) is 3.70. The van der Waals surface area contributed by atoms with E-state index >= 15 is 0 Å². The smallest absolute Gasteiger partial charge is 0.340 e. The van der Waals surface area contributed by atoms with Crippen LogP contribution in [0.3, 0.4) is 0 Å². The lowest BCUT2D eigenvalue weighted by molar-refractivity contribution is 0.0602. The van der Waals surface area contributed by atoms with Gasteiger partial charge in [-0.05, 0) is 29.8 Å². The molecule has 5 heteroatoms. The molecule has 0 unspecified atom stereocenters. The Kier molecular flexibility index (Phi) is 3.82. The van der Waals surface area contributed by atoms with E-state index in [0.717, 1.165) is 5.56 Å². The molecule has 0 radical (unpaired) electrons. The molecule has 4 nitrogen and oxygen atoms in total. The second kappa shape index (κ2) is 5.93. The van der Waals surface area contributed by atoms with Crippen LogP contribution in [-0.2, 0) is 11.3 Å². The first kappa shape index (κ1) is 14.8. The monoisotopic (exact) mass is 308 g/mol. The number of methoxy groups -OCH3 is 1. The molecule has 0 N–H and O–H groups in total. The molecule has 1 heterocycles. The first-order valence-corrected chi connectivity index (χ1v) is 6.98. The molecular formula is C18H13FN2O2. The summed E-state index contributed by atoms with van der Waals surface area (Å²) in [7, 11) is 1.27. The van der Waals surface area contributed by atoms with Crippen LogP contribution in [0, 0.1) is 17.1 Å². The summed E-state index contributed by atoms with van der Waals surface area (Å²) in [4.78, 5) is 11.9. The summed E-state index contributed by atoms with van der Waals surface area (Å²) in [5.74, 6) is -1.03. The van der Waals surface area contributed by atoms with Crippen molar-refractivity contribution in [3.8, 4) is 6.07 Å². The molecule has 23 heavy (non-hydrogen) atoms. The number of hydrogen-bond acceptors (Lipinski definition) is 3. The van der Waals surface area contributed by atoms with E-state index < -0.39 is 11.8 Å². The summed E-state index contributed by atoms with van der Waals surface area (Å²) in [6.07, 6.45) is 1.60. The molecule has 114 valence electrons. The molecule has 0 atom stereocenters. The number of halogens is 1. The zero-order chi connectivity index (χ0) is 16.4. The van der Waals surface area contributed by atoms with Gasteiger partial charge in [0.05, 0.1) is 29.8 Å². The Morgan fingerprint density at radius 3 is 2.65 bits per heavy atom. The van der Waals surface area contributed by atoms with Gasteiger partial charge in [-0.25, -0.2) is 9.18 Å². The largest absolute Gasteiger partial charge is 0.465 e. The van der Waals surface area contributed by atoms with Crippen LogP contribution < -0.4 is 0 Å². The average molecular weight is 308 g/mol. The van der Waals surface area contributed by atoms with Crippen molar-refractivity contribution in [3.63, 3.8) is 0 Å². The van der Waals surface area contributed by atoms with Gasteiger partial charge >= 0.3 is 5.97 Å². The van der Waals surface area contributed by atoms with E-state index in [1.807, 2.05) is 12.1 Å². The number of fused-ring (bicyclic) bond motifs is 1. The average Bonchev–Trinajstić information content (AvgIpc) is 2.95. The number of ether oxygens (including phenoxy) is 1. The Balaban J connectivity index is 2.08. The predicted molar refractivity (Wildman–Crippen MR) is 83.5 cm³/mol. The fourth-order valence-corrected chi connectivity index (χ4v) is 2.59. The van der Waals surface area contributed by atoms with Crippen molar-refractivity contribution in [2.45, 2.75) is 6.54 Å². The summed E-state index contributed by atoms with van der Waals surface area (Å²) in [5, 5.41) is 9.09. The van der Waals surface area contributed by atoms with E-state index in [-0.39, 0.29) is 10.9 Å². The number of carbonyl (C=O) groups excluding carboxylic acids is 1. The van der Waals surface area contributed by atoms with Crippen LogP contribution in [0.25, 0.3) is 10.9 Å². The van der Waals surface area contributed by atoms with Crippen molar-refractivity contribution in [2.24, 2.45) is 0 Å². The molecule has 1 aromatic heterocycles. The quantitative estimate of drug-likeness (QED) is 0.696. The fourth-order valence-electron chi connectivity index (χ4n) is 2.59. The van der Waals surface area contributed by atoms with Crippen LogP contribution in [-0.4, -0.2) is 17.6 Å². The maximum Gasteiger partial charge on any atom is 0.340 e. The third-order valence-electron chi connectivity index (χ3n) is 3.70. The molecular weight excluding hydrogens is 295 g/mol. The Morgan fingerprint density at radius 1 is 1.26 bits per heavy atom. The molecule has 0 aliphatic carbocycles. The van der Waals surface area contributed by atoms with Gasteiger partial charge in [-0.1, -0.05) is 18.2 Å². The molecule has 0 fully saturated rings. The Labute approximate surface area is 132 Å². The van der Waals surface area contributed by atoms with Gasteiger partial charge in [0.15, 0.2) is 0 Å². The minimum atomic E-state index is -0.571. The zero-order valence-corrected chi connectivity index (χ0v) is 12.4. The van der Waals surface area contributed by atoms with Gasteiger partial charge in [0, 0.05) is 18.1 Å². The van der Waals surface area contributed by atoms with E-state index in [1.54, 1.807) is 35.0 Å². The lowest BCUT2D eigenvalue weighted by Gasteiger charge is -2.05. The van der Waals surface area contributed by atoms with Gasteiger partial charge in [-0.15, -0.1) is 0 Å². The van der Waals surface area contributed by atoms with Crippen LogP contribution in [0.2, 0.25) is 0 Å². The second-order valence-corrected chi connectivity index (χ2v) is 5.10. The molecule has 3 rings (SSSR count). The summed E-state index contributed by atoms with van der Waals surface area (Å²) < 4.78 is 20.7. The maximum atomic E-state index is 14.1. The summed E-state index contributed by atoms with van der Waals surface area (Å²) >= 11 is 0. The summed E-state index contributed by atoms with van der Waals surface area (Å²) in [6.45, 7) is 0.461. The molecule has 3 aromatic rings. The van der Waals surface area contributed by atoms with Crippen molar-refractivity contribution < 1.29 is 13.9 Å². The number of benzene rings is 2. The molecule has 0 saturated carbocycles. The topological polar surface area (TPSA) is 55.0 Å². The minimum absolute atomic E-state index is 0.203. The first-order chi connectivity index (χ1) is 11.1. The number of nitrogens with zero attached hydrogens (tertiary/aromatic N) is 2. The number of rotatable bonds is 3. The van der Waals surface area contributed by atoms with Crippen LogP contribution >= 0.6 is 0 Å². The summed E-state index contributed by atoms with van der Waals surface area (Å²) in [6, 6.07) is 13.9. The third kappa shape index (κ3) is 2.67. The number of aromatic nitrogens is 1. The van der Waals surface area contributed by atoms with Gasteiger partial charge in [-0.3, -0.25) is 0 Å². The molecule has 0 saturated heterocycles. The molecule has 2 aromatic carbocycles. The van der Waals surface area contributed by atoms with E-state index in [4.69, 9.17) is 10.00 Å². The van der Waals surface area contributed by atoms with Gasteiger partial charge in [-0.2, -0.15) is 5.26 Å². The van der Waals surface area contributed by atoms with E-state index in [0.29, 0.717) is 17.6 Å². The predicted octanol–water partition coefficient (Wildman–Crippen LogP) is 3.49. The van der Waals surface area contributed by atoms with Crippen LogP contribution in [0.15, 0.2) is 48.7 Å². The number of hydrogen-bond donors (Lipinski definition) is 0. The van der Waals surface area contributed by atoms with Crippen molar-refractivity contribution in [3.05, 3.63) is 71.2 Å². The molecule has 0 spiro atoms. The number of nitriles is 1. The van der Waals surface area contributed by atoms with E-state index in [9.17, 15) is 9.18 Å². The highest BCUT2D eigenvalue weighted by Crippen LogP contribution is 2.26. The van der Waals surface area contributed by atoms with Crippen LogP contribution in [0.1, 0.15) is 21.5 Å². The van der Waals surface area contributed by atoms with Gasteiger partial charge in [0.2, 0.25) is 0 Å². The maximum absolute atomic E-state index is 14.1. The minimum Gasteiger partial charge on any atom is -0.465 e. The Morgan fingerprint density at radius 2 is 2.00 bits per heavy atom. The molecule has 0 aliphatic heterocycles. The highest BCUT2D eigenvalue weighted by Gasteiger charge is 2.18. The van der Waals surface area contributed by atoms with Gasteiger partial charge in [0.1, 0.15) is 5.82 Å². The van der Waals surface area contributed by atoms with E-state index in [2.05, 4.69) is 6.07 Å².